The summed E-state index contributed by atoms with van der Waals surface area (Å²) >= 11 is 1.77. The Balaban J connectivity index is 1.86. The third-order valence-electron chi connectivity index (χ3n) is 3.15. The van der Waals surface area contributed by atoms with Gasteiger partial charge in [-0.3, -0.25) is 0 Å². The summed E-state index contributed by atoms with van der Waals surface area (Å²) in [7, 11) is 0. The van der Waals surface area contributed by atoms with Gasteiger partial charge in [0.25, 0.3) is 0 Å². The van der Waals surface area contributed by atoms with Crippen molar-refractivity contribution < 1.29 is 0 Å². The average Bonchev–Trinajstić information content (AvgIpc) is 2.58. The molecule has 0 bridgehead atoms. The predicted molar refractivity (Wildman–Crippen MR) is 64.0 cm³/mol. The maximum Gasteiger partial charge on any atom is 0.0450 e. The molecule has 1 heterocycles. The van der Waals surface area contributed by atoms with Crippen LogP contribution in [0.15, 0.2) is 16.8 Å². The van der Waals surface area contributed by atoms with E-state index in [4.69, 9.17) is 0 Å². The maximum atomic E-state index is 3.63. The molecule has 2 atom stereocenters. The fourth-order valence-electron chi connectivity index (χ4n) is 2.21. The first-order chi connectivity index (χ1) is 6.84. The Kier molecular flexibility index (Phi) is 3.46. The Bertz CT molecular complexity index is 255. The Morgan fingerprint density at radius 1 is 1.29 bits per heavy atom. The van der Waals surface area contributed by atoms with Crippen molar-refractivity contribution >= 4 is 17.0 Å². The summed E-state index contributed by atoms with van der Waals surface area (Å²) in [4.78, 5) is 0. The molecule has 2 rings (SSSR count). The number of hydrogen-bond donors (Lipinski definition) is 1. The molecule has 0 aliphatic heterocycles. The second-order valence-corrected chi connectivity index (χ2v) is 5.25. The summed E-state index contributed by atoms with van der Waals surface area (Å²) in [6, 6.07) is 2.90. The third-order valence-corrected chi connectivity index (χ3v) is 3.83. The molecule has 0 saturated heterocycles. The molecule has 14 heavy (non-hydrogen) atoms. The van der Waals surface area contributed by atoms with Crippen molar-refractivity contribution in [1.82, 2.24) is 0 Å². The van der Waals surface area contributed by atoms with E-state index in [1.807, 2.05) is 0 Å². The van der Waals surface area contributed by atoms with Crippen LogP contribution >= 0.6 is 11.3 Å². The van der Waals surface area contributed by atoms with E-state index in [2.05, 4.69) is 29.1 Å². The van der Waals surface area contributed by atoms with Crippen molar-refractivity contribution in [3.8, 4) is 0 Å². The van der Waals surface area contributed by atoms with E-state index in [-0.39, 0.29) is 0 Å². The quantitative estimate of drug-likeness (QED) is 0.722. The van der Waals surface area contributed by atoms with Gasteiger partial charge in [0.2, 0.25) is 0 Å². The number of thiophene rings is 1. The molecule has 1 saturated carbocycles. The first-order valence-corrected chi connectivity index (χ1v) is 6.57. The van der Waals surface area contributed by atoms with Crippen LogP contribution in [-0.4, -0.2) is 6.04 Å². The molecule has 2 unspecified atom stereocenters. The summed E-state index contributed by atoms with van der Waals surface area (Å²) in [5, 5.41) is 7.98. The van der Waals surface area contributed by atoms with Crippen LogP contribution < -0.4 is 5.32 Å². The van der Waals surface area contributed by atoms with Crippen LogP contribution in [0.25, 0.3) is 0 Å². The lowest BCUT2D eigenvalue weighted by Crippen LogP contribution is -2.17. The first kappa shape index (κ1) is 10.0. The van der Waals surface area contributed by atoms with Gasteiger partial charge in [-0.1, -0.05) is 19.8 Å². The van der Waals surface area contributed by atoms with E-state index >= 15 is 0 Å². The van der Waals surface area contributed by atoms with Crippen LogP contribution in [0.5, 0.6) is 0 Å². The van der Waals surface area contributed by atoms with Crippen LogP contribution in [0.3, 0.4) is 0 Å². The Labute approximate surface area is 90.5 Å². The number of hydrogen-bond acceptors (Lipinski definition) is 2. The SMILES string of the molecule is CC1CCCC(Nc2ccsc2)CC1. The predicted octanol–water partition coefficient (Wildman–Crippen LogP) is 4.13. The zero-order chi connectivity index (χ0) is 9.80. The van der Waals surface area contributed by atoms with Gasteiger partial charge in [-0.15, -0.1) is 0 Å². The highest BCUT2D eigenvalue weighted by molar-refractivity contribution is 7.08. The first-order valence-electron chi connectivity index (χ1n) is 5.63. The monoisotopic (exact) mass is 209 g/mol. The van der Waals surface area contributed by atoms with Crippen molar-refractivity contribution in [2.45, 2.75) is 45.1 Å². The van der Waals surface area contributed by atoms with Gasteiger partial charge >= 0.3 is 0 Å². The number of rotatable bonds is 2. The minimum atomic E-state index is 0.717. The normalized spacial score (nSPS) is 28.4. The van der Waals surface area contributed by atoms with Crippen molar-refractivity contribution in [1.29, 1.82) is 0 Å². The van der Waals surface area contributed by atoms with Crippen LogP contribution in [0.2, 0.25) is 0 Å². The van der Waals surface area contributed by atoms with Crippen molar-refractivity contribution in [2.75, 3.05) is 5.32 Å². The zero-order valence-corrected chi connectivity index (χ0v) is 9.65. The molecule has 1 aromatic rings. The lowest BCUT2D eigenvalue weighted by atomic mass is 10.0. The second kappa shape index (κ2) is 4.83. The van der Waals surface area contributed by atoms with Gasteiger partial charge < -0.3 is 5.32 Å². The fourth-order valence-corrected chi connectivity index (χ4v) is 2.81. The molecule has 1 aliphatic rings. The molecule has 1 aromatic heterocycles. The van der Waals surface area contributed by atoms with E-state index in [1.54, 1.807) is 11.3 Å². The Morgan fingerprint density at radius 2 is 2.21 bits per heavy atom. The standard InChI is InChI=1S/C12H19NS/c1-10-3-2-4-11(6-5-10)13-12-7-8-14-9-12/h7-11,13H,2-6H2,1H3. The van der Waals surface area contributed by atoms with Crippen LogP contribution in [0, 0.1) is 5.92 Å². The Morgan fingerprint density at radius 3 is 3.00 bits per heavy atom. The van der Waals surface area contributed by atoms with Gasteiger partial charge in [-0.25, -0.2) is 0 Å². The topological polar surface area (TPSA) is 12.0 Å². The van der Waals surface area contributed by atoms with Gasteiger partial charge in [0.1, 0.15) is 0 Å². The molecule has 0 amide bonds. The highest BCUT2D eigenvalue weighted by Crippen LogP contribution is 2.25. The third kappa shape index (κ3) is 2.74. The largest absolute Gasteiger partial charge is 0.382 e. The lowest BCUT2D eigenvalue weighted by molar-refractivity contribution is 0.502. The van der Waals surface area contributed by atoms with E-state index in [9.17, 15) is 0 Å². The summed E-state index contributed by atoms with van der Waals surface area (Å²) < 4.78 is 0. The lowest BCUT2D eigenvalue weighted by Gasteiger charge is -2.16. The summed E-state index contributed by atoms with van der Waals surface area (Å²) in [5.74, 6) is 0.935. The van der Waals surface area contributed by atoms with Gasteiger partial charge in [0.05, 0.1) is 0 Å². The second-order valence-electron chi connectivity index (χ2n) is 4.47. The molecule has 1 fully saturated rings. The highest BCUT2D eigenvalue weighted by atomic mass is 32.1. The number of anilines is 1. The molecule has 2 heteroatoms. The van der Waals surface area contributed by atoms with Gasteiger partial charge in [0.15, 0.2) is 0 Å². The van der Waals surface area contributed by atoms with E-state index in [0.717, 1.165) is 12.0 Å². The molecule has 0 radical (unpaired) electrons. The van der Waals surface area contributed by atoms with Crippen LogP contribution in [0.1, 0.15) is 39.0 Å². The van der Waals surface area contributed by atoms with E-state index < -0.39 is 0 Å². The van der Waals surface area contributed by atoms with E-state index in [0.29, 0.717) is 0 Å². The molecule has 1 N–H and O–H groups in total. The Hall–Kier alpha value is -0.500. The van der Waals surface area contributed by atoms with Crippen LogP contribution in [0.4, 0.5) is 5.69 Å². The van der Waals surface area contributed by atoms with Gasteiger partial charge in [-0.05, 0) is 36.6 Å². The van der Waals surface area contributed by atoms with E-state index in [1.165, 1.54) is 37.8 Å². The summed E-state index contributed by atoms with van der Waals surface area (Å²) in [5.41, 5.74) is 1.31. The zero-order valence-electron chi connectivity index (χ0n) is 8.83. The summed E-state index contributed by atoms with van der Waals surface area (Å²) in [6.07, 6.45) is 6.89. The van der Waals surface area contributed by atoms with Gasteiger partial charge in [-0.2, -0.15) is 11.3 Å². The maximum absolute atomic E-state index is 3.63. The fraction of sp³-hybridized carbons (Fsp3) is 0.667. The minimum Gasteiger partial charge on any atom is -0.382 e. The van der Waals surface area contributed by atoms with Crippen molar-refractivity contribution in [3.05, 3.63) is 16.8 Å². The van der Waals surface area contributed by atoms with Crippen molar-refractivity contribution in [2.24, 2.45) is 5.92 Å². The number of nitrogens with one attached hydrogen (secondary N) is 1. The molecule has 1 aliphatic carbocycles. The minimum absolute atomic E-state index is 0.717. The molecule has 0 aromatic carbocycles. The average molecular weight is 209 g/mol. The molecule has 0 spiro atoms. The molecular weight excluding hydrogens is 190 g/mol. The smallest absolute Gasteiger partial charge is 0.0450 e. The van der Waals surface area contributed by atoms with Gasteiger partial charge in [0, 0.05) is 17.1 Å². The summed E-state index contributed by atoms with van der Waals surface area (Å²) in [6.45, 7) is 2.38. The molecular formula is C12H19NS. The highest BCUT2D eigenvalue weighted by Gasteiger charge is 2.15. The van der Waals surface area contributed by atoms with Crippen molar-refractivity contribution in [3.63, 3.8) is 0 Å². The molecule has 78 valence electrons. The molecule has 1 nitrogen and oxygen atoms in total. The van der Waals surface area contributed by atoms with Crippen LogP contribution in [-0.2, 0) is 0 Å².